The fourth-order valence-electron chi connectivity index (χ4n) is 2.80. The molecule has 0 saturated carbocycles. The molecule has 1 aromatic heterocycles. The minimum absolute atomic E-state index is 0.0350. The Morgan fingerprint density at radius 2 is 1.97 bits per heavy atom. The molecule has 0 N–H and O–H groups in total. The number of methoxy groups -OCH3 is 1. The summed E-state index contributed by atoms with van der Waals surface area (Å²) in [5.41, 5.74) is 2.27. The summed E-state index contributed by atoms with van der Waals surface area (Å²) in [6.07, 6.45) is 1.60. The highest BCUT2D eigenvalue weighted by atomic mass is 16.8. The van der Waals surface area contributed by atoms with E-state index in [4.69, 9.17) is 14.2 Å². The fourth-order valence-corrected chi connectivity index (χ4v) is 2.80. The van der Waals surface area contributed by atoms with Crippen LogP contribution in [0.25, 0.3) is 6.08 Å². The quantitative estimate of drug-likeness (QED) is 0.351. The Hall–Kier alpha value is -4.14. The highest BCUT2D eigenvalue weighted by Crippen LogP contribution is 2.30. The topological polar surface area (TPSA) is 110 Å². The summed E-state index contributed by atoms with van der Waals surface area (Å²) in [5.74, 6) is 0.571. The molecule has 0 aliphatic carbocycles. The number of aliphatic imine (C=N–C) groups is 1. The first-order chi connectivity index (χ1) is 14.5. The van der Waals surface area contributed by atoms with E-state index in [2.05, 4.69) is 14.8 Å². The van der Waals surface area contributed by atoms with Crippen molar-refractivity contribution in [2.45, 2.75) is 13.5 Å². The van der Waals surface area contributed by atoms with Gasteiger partial charge in [-0.15, -0.1) is 0 Å². The number of hydrogen-bond acceptors (Lipinski definition) is 8. The van der Waals surface area contributed by atoms with Crippen molar-refractivity contribution in [3.8, 4) is 11.5 Å². The van der Waals surface area contributed by atoms with Crippen molar-refractivity contribution >= 4 is 17.9 Å². The zero-order valence-corrected chi connectivity index (χ0v) is 16.2. The minimum atomic E-state index is -0.531. The van der Waals surface area contributed by atoms with E-state index in [0.29, 0.717) is 27.7 Å². The average Bonchev–Trinajstić information content (AvgIpc) is 3.29. The lowest BCUT2D eigenvalue weighted by atomic mass is 10.1. The molecular weight excluding hydrogens is 390 g/mol. The summed E-state index contributed by atoms with van der Waals surface area (Å²) in [5, 5.41) is 15.1. The average molecular weight is 407 g/mol. The van der Waals surface area contributed by atoms with E-state index in [-0.39, 0.29) is 23.9 Å². The molecule has 9 heteroatoms. The van der Waals surface area contributed by atoms with Gasteiger partial charge >= 0.3 is 5.97 Å². The smallest absolute Gasteiger partial charge is 0.363 e. The lowest BCUT2D eigenvalue weighted by molar-refractivity contribution is -0.808. The van der Waals surface area contributed by atoms with Gasteiger partial charge in [0.2, 0.25) is 17.3 Å². The van der Waals surface area contributed by atoms with Crippen LogP contribution in [0.1, 0.15) is 22.5 Å². The van der Waals surface area contributed by atoms with E-state index in [1.807, 2.05) is 30.3 Å². The Balaban J connectivity index is 1.55. The first kappa shape index (κ1) is 19.2. The maximum absolute atomic E-state index is 12.2. The van der Waals surface area contributed by atoms with Gasteiger partial charge in [-0.25, -0.2) is 9.79 Å². The Morgan fingerprint density at radius 1 is 1.17 bits per heavy atom. The van der Waals surface area contributed by atoms with Crippen LogP contribution in [0.2, 0.25) is 0 Å². The Labute approximate surface area is 171 Å². The molecule has 0 fully saturated rings. The molecule has 4 rings (SSSR count). The van der Waals surface area contributed by atoms with Crippen LogP contribution in [0, 0.1) is 12.1 Å². The summed E-state index contributed by atoms with van der Waals surface area (Å²) >= 11 is 0. The van der Waals surface area contributed by atoms with Gasteiger partial charge < -0.3 is 19.4 Å². The molecule has 0 radical (unpaired) electrons. The molecule has 9 nitrogen and oxygen atoms in total. The molecule has 2 aromatic carbocycles. The number of hydrogen-bond donors (Lipinski definition) is 0. The second-order valence-corrected chi connectivity index (χ2v) is 6.36. The van der Waals surface area contributed by atoms with Crippen LogP contribution in [-0.2, 0) is 16.1 Å². The number of benzene rings is 2. The summed E-state index contributed by atoms with van der Waals surface area (Å²) in [6, 6.07) is 14.3. The predicted octanol–water partition coefficient (Wildman–Crippen LogP) is 2.55. The third kappa shape index (κ3) is 3.86. The van der Waals surface area contributed by atoms with Crippen LogP contribution < -0.4 is 14.4 Å². The number of carbonyl (C=O) groups excluding carboxylic acids is 1. The Morgan fingerprint density at radius 3 is 2.67 bits per heavy atom. The summed E-state index contributed by atoms with van der Waals surface area (Å²) in [6.45, 7) is 1.61. The number of nitrogens with zero attached hydrogens (tertiary/aromatic N) is 3. The lowest BCUT2D eigenvalue weighted by Gasteiger charge is -2.10. The predicted molar refractivity (Wildman–Crippen MR) is 105 cm³/mol. The number of carbonyl (C=O) groups is 1. The number of aryl methyl sites for hydroxylation is 1. The highest BCUT2D eigenvalue weighted by Gasteiger charge is 2.24. The summed E-state index contributed by atoms with van der Waals surface area (Å²) in [7, 11) is 1.49. The van der Waals surface area contributed by atoms with Crippen LogP contribution in [0.4, 0.5) is 0 Å². The fraction of sp³-hybridized carbons (Fsp3) is 0.143. The van der Waals surface area contributed by atoms with Gasteiger partial charge in [0, 0.05) is 17.6 Å². The summed E-state index contributed by atoms with van der Waals surface area (Å²) < 4.78 is 20.8. The number of esters is 1. The first-order valence-corrected chi connectivity index (χ1v) is 8.99. The third-order valence-corrected chi connectivity index (χ3v) is 4.39. The standard InChI is InChI=1S/C21H17N3O6/c1-13-17(24(26)30-23-13)12-28-18-9-8-14(11-19(18)27-2)10-16-21(25)29-20(22-16)15-6-4-3-5-7-15/h3-11H,12H2,1-2H3. The van der Waals surface area contributed by atoms with Crippen molar-refractivity contribution in [3.63, 3.8) is 0 Å². The third-order valence-electron chi connectivity index (χ3n) is 4.39. The Kier molecular flexibility index (Phi) is 5.17. The minimum Gasteiger partial charge on any atom is -0.493 e. The van der Waals surface area contributed by atoms with E-state index in [0.717, 1.165) is 5.56 Å². The van der Waals surface area contributed by atoms with Gasteiger partial charge in [0.1, 0.15) is 0 Å². The zero-order valence-electron chi connectivity index (χ0n) is 16.2. The molecule has 1 aliphatic heterocycles. The second-order valence-electron chi connectivity index (χ2n) is 6.36. The number of aromatic nitrogens is 2. The molecule has 0 amide bonds. The number of rotatable bonds is 6. The molecule has 0 atom stereocenters. The van der Waals surface area contributed by atoms with Crippen LogP contribution >= 0.6 is 0 Å². The molecule has 0 spiro atoms. The molecular formula is C21H17N3O6. The van der Waals surface area contributed by atoms with Crippen molar-refractivity contribution in [2.24, 2.45) is 4.99 Å². The van der Waals surface area contributed by atoms with Crippen LogP contribution in [0.5, 0.6) is 11.5 Å². The molecule has 30 heavy (non-hydrogen) atoms. The number of cyclic esters (lactones) is 1. The first-order valence-electron chi connectivity index (χ1n) is 8.99. The van der Waals surface area contributed by atoms with Gasteiger partial charge in [0.05, 0.1) is 7.11 Å². The van der Waals surface area contributed by atoms with Crippen LogP contribution in [0.3, 0.4) is 0 Å². The molecule has 3 aromatic rings. The van der Waals surface area contributed by atoms with Gasteiger partial charge in [0.15, 0.2) is 23.8 Å². The van der Waals surface area contributed by atoms with Crippen LogP contribution in [-0.4, -0.2) is 24.1 Å². The van der Waals surface area contributed by atoms with Gasteiger partial charge in [-0.1, -0.05) is 24.3 Å². The molecule has 0 bridgehead atoms. The lowest BCUT2D eigenvalue weighted by Crippen LogP contribution is -2.29. The van der Waals surface area contributed by atoms with Gasteiger partial charge in [-0.3, -0.25) is 4.63 Å². The number of ether oxygens (including phenoxy) is 3. The van der Waals surface area contributed by atoms with Crippen molar-refractivity contribution in [1.29, 1.82) is 0 Å². The zero-order chi connectivity index (χ0) is 21.1. The molecule has 0 unspecified atom stereocenters. The normalized spacial score (nSPS) is 14.5. The van der Waals surface area contributed by atoms with Crippen molar-refractivity contribution in [3.05, 3.63) is 81.9 Å². The van der Waals surface area contributed by atoms with Gasteiger partial charge in [0.25, 0.3) is 0 Å². The SMILES string of the molecule is COc1cc(C=C2N=C(c3ccccc3)OC2=O)ccc1OCc1c(C)no[n+]1[O-]. The largest absolute Gasteiger partial charge is 0.493 e. The highest BCUT2D eigenvalue weighted by molar-refractivity contribution is 6.12. The van der Waals surface area contributed by atoms with E-state index in [9.17, 15) is 10.0 Å². The van der Waals surface area contributed by atoms with E-state index < -0.39 is 5.97 Å². The molecule has 0 saturated heterocycles. The second kappa shape index (κ2) is 8.08. The monoisotopic (exact) mass is 407 g/mol. The summed E-state index contributed by atoms with van der Waals surface area (Å²) in [4.78, 5) is 16.8. The van der Waals surface area contributed by atoms with Crippen molar-refractivity contribution in [2.75, 3.05) is 7.11 Å². The van der Waals surface area contributed by atoms with Crippen molar-refractivity contribution < 1.29 is 28.5 Å². The maximum atomic E-state index is 12.2. The van der Waals surface area contributed by atoms with Crippen molar-refractivity contribution in [1.82, 2.24) is 5.16 Å². The van der Waals surface area contributed by atoms with Gasteiger partial charge in [-0.05, 0) is 40.8 Å². The maximum Gasteiger partial charge on any atom is 0.363 e. The van der Waals surface area contributed by atoms with E-state index in [1.165, 1.54) is 7.11 Å². The molecule has 2 heterocycles. The Bertz CT molecular complexity index is 1130. The van der Waals surface area contributed by atoms with E-state index in [1.54, 1.807) is 31.2 Å². The van der Waals surface area contributed by atoms with Crippen LogP contribution in [0.15, 0.2) is 63.8 Å². The molecule has 1 aliphatic rings. The van der Waals surface area contributed by atoms with E-state index >= 15 is 0 Å². The van der Waals surface area contributed by atoms with Gasteiger partial charge in [-0.2, -0.15) is 0 Å². The molecule has 152 valence electrons.